The number of fused-ring (bicyclic) bond motifs is 7. The average molecular weight is 662 g/mol. The fraction of sp³-hybridized carbons (Fsp3) is 0.575. The molecule has 0 bridgehead atoms. The standard InChI is InChI=1S/C40H47N5O4/c1-35(2)13-15-40(34(49)45-21-26(44-22-45)23-10-9-17-43-31(23)33(41)48)16-14-39(7)30(24(40)19-35)27(46)18-29-37(5)20-25(42-8)32(47)36(3,4)28(37)11-12-38(29,39)6/h9-10,17-18,20-22,24,28,30H,11-16,19H2,1-7H3,(H2,41,48)/t24?,28?,30-,37-,38+,39+,40-/m0/s1. The molecular formula is C40H47N5O4. The van der Waals surface area contributed by atoms with Crippen LogP contribution in [-0.4, -0.2) is 37.9 Å². The predicted octanol–water partition coefficient (Wildman–Crippen LogP) is 7.26. The number of primary amides is 1. The van der Waals surface area contributed by atoms with Gasteiger partial charge in [0.2, 0.25) is 11.6 Å². The highest BCUT2D eigenvalue weighted by atomic mass is 16.2. The Morgan fingerprint density at radius 3 is 2.41 bits per heavy atom. The van der Waals surface area contributed by atoms with Crippen LogP contribution in [-0.2, 0) is 9.59 Å². The van der Waals surface area contributed by atoms with Crippen LogP contribution in [0.4, 0.5) is 0 Å². The topological polar surface area (TPSA) is 129 Å². The van der Waals surface area contributed by atoms with Crippen LogP contribution in [0.3, 0.4) is 0 Å². The van der Waals surface area contributed by atoms with Crippen LogP contribution in [0.1, 0.15) is 109 Å². The smallest absolute Gasteiger partial charge is 0.268 e. The van der Waals surface area contributed by atoms with Gasteiger partial charge in [-0.1, -0.05) is 60.1 Å². The molecule has 49 heavy (non-hydrogen) atoms. The molecule has 7 rings (SSSR count). The molecule has 2 N–H and O–H groups in total. The summed E-state index contributed by atoms with van der Waals surface area (Å²) in [5.41, 5.74) is 4.93. The normalized spacial score (nSPS) is 37.3. The van der Waals surface area contributed by atoms with Crippen molar-refractivity contribution < 1.29 is 19.2 Å². The van der Waals surface area contributed by atoms with Gasteiger partial charge in [-0.2, -0.15) is 0 Å². The van der Waals surface area contributed by atoms with Crippen LogP contribution >= 0.6 is 0 Å². The van der Waals surface area contributed by atoms with Crippen molar-refractivity contribution in [2.45, 2.75) is 93.4 Å². The van der Waals surface area contributed by atoms with Crippen molar-refractivity contribution in [3.63, 3.8) is 0 Å². The van der Waals surface area contributed by atoms with E-state index in [0.29, 0.717) is 30.5 Å². The third-order valence-corrected chi connectivity index (χ3v) is 14.4. The van der Waals surface area contributed by atoms with Crippen molar-refractivity contribution in [3.05, 3.63) is 71.4 Å². The molecule has 256 valence electrons. The van der Waals surface area contributed by atoms with E-state index >= 15 is 0 Å². The second kappa shape index (κ2) is 10.4. The van der Waals surface area contributed by atoms with Crippen LogP contribution in [0.2, 0.25) is 0 Å². The average Bonchev–Trinajstić information content (AvgIpc) is 3.54. The first-order valence-electron chi connectivity index (χ1n) is 17.6. The Morgan fingerprint density at radius 2 is 1.71 bits per heavy atom. The molecule has 0 spiro atoms. The number of hydrogen-bond acceptors (Lipinski definition) is 6. The Morgan fingerprint density at radius 1 is 1.00 bits per heavy atom. The summed E-state index contributed by atoms with van der Waals surface area (Å²) in [7, 11) is 0. The first kappa shape index (κ1) is 33.3. The molecule has 0 saturated heterocycles. The van der Waals surface area contributed by atoms with Crippen LogP contribution < -0.4 is 5.73 Å². The Labute approximate surface area is 288 Å². The summed E-state index contributed by atoms with van der Waals surface area (Å²) in [6, 6.07) is 3.43. The molecular weight excluding hydrogens is 614 g/mol. The van der Waals surface area contributed by atoms with Crippen LogP contribution in [0, 0.1) is 56.8 Å². The largest absolute Gasteiger partial charge is 0.364 e. The lowest BCUT2D eigenvalue weighted by Crippen LogP contribution is -2.66. The second-order valence-corrected chi connectivity index (χ2v) is 17.6. The summed E-state index contributed by atoms with van der Waals surface area (Å²) in [4.78, 5) is 67.7. The van der Waals surface area contributed by atoms with Gasteiger partial charge in [0, 0.05) is 34.7 Å². The molecule has 5 aliphatic carbocycles. The summed E-state index contributed by atoms with van der Waals surface area (Å²) in [6.07, 6.45) is 13.8. The molecule has 2 aromatic heterocycles. The quantitative estimate of drug-likeness (QED) is 0.345. The van der Waals surface area contributed by atoms with E-state index in [1.165, 1.54) is 12.5 Å². The fourth-order valence-electron chi connectivity index (χ4n) is 11.6. The Balaban J connectivity index is 1.33. The van der Waals surface area contributed by atoms with Crippen molar-refractivity contribution in [1.29, 1.82) is 0 Å². The SMILES string of the molecule is [C-]#[N+]C1=C[C@]2(C)C3=CC(=O)[C@@H]4C5CC(C)(C)CC[C@]5(C(=O)n5cnc(-c6cccnc6C(N)=O)c5)CC[C@@]4(C)[C@]3(C)CCC2C(C)(C)C1=O. The maximum Gasteiger partial charge on any atom is 0.268 e. The van der Waals surface area contributed by atoms with Crippen LogP contribution in [0.5, 0.6) is 0 Å². The molecule has 9 heteroatoms. The third kappa shape index (κ3) is 4.34. The van der Waals surface area contributed by atoms with Gasteiger partial charge in [0.05, 0.1) is 17.7 Å². The number of carbonyl (C=O) groups excluding carboxylic acids is 4. The minimum Gasteiger partial charge on any atom is -0.364 e. The highest BCUT2D eigenvalue weighted by Gasteiger charge is 2.70. The molecule has 2 aromatic rings. The number of aromatic nitrogens is 3. The number of imidazole rings is 1. The summed E-state index contributed by atoms with van der Waals surface area (Å²) in [5, 5.41) is 0. The number of nitrogens with zero attached hydrogens (tertiary/aromatic N) is 4. The lowest BCUT2D eigenvalue weighted by Gasteiger charge is -2.69. The number of Topliss-reactive ketones (excluding diaryl/α,β-unsaturated/α-hetero) is 1. The van der Waals surface area contributed by atoms with Crippen molar-refractivity contribution >= 4 is 23.4 Å². The van der Waals surface area contributed by atoms with Gasteiger partial charge in [0.1, 0.15) is 12.0 Å². The summed E-state index contributed by atoms with van der Waals surface area (Å²) >= 11 is 0. The number of rotatable bonds is 3. The maximum absolute atomic E-state index is 14.9. The Bertz CT molecular complexity index is 1940. The van der Waals surface area contributed by atoms with Gasteiger partial charge >= 0.3 is 0 Å². The van der Waals surface area contributed by atoms with Crippen LogP contribution in [0.25, 0.3) is 16.1 Å². The Kier molecular flexibility index (Phi) is 7.08. The van der Waals surface area contributed by atoms with E-state index in [1.807, 2.05) is 26.0 Å². The number of carbonyl (C=O) groups is 4. The minimum atomic E-state index is -0.756. The van der Waals surface area contributed by atoms with E-state index in [0.717, 1.165) is 31.3 Å². The van der Waals surface area contributed by atoms with Gasteiger partial charge in [0.25, 0.3) is 5.91 Å². The fourth-order valence-corrected chi connectivity index (χ4v) is 11.6. The van der Waals surface area contributed by atoms with Gasteiger partial charge < -0.3 is 10.5 Å². The van der Waals surface area contributed by atoms with Gasteiger partial charge in [0.15, 0.2) is 11.6 Å². The number of pyridine rings is 1. The molecule has 3 saturated carbocycles. The summed E-state index contributed by atoms with van der Waals surface area (Å²) in [5.74, 6) is -1.32. The van der Waals surface area contributed by atoms with E-state index < -0.39 is 27.6 Å². The number of hydrogen-bond donors (Lipinski definition) is 1. The third-order valence-electron chi connectivity index (χ3n) is 14.4. The number of allylic oxidation sites excluding steroid dienone is 4. The predicted molar refractivity (Wildman–Crippen MR) is 184 cm³/mol. The zero-order valence-electron chi connectivity index (χ0n) is 29.7. The van der Waals surface area contributed by atoms with Gasteiger partial charge in [-0.25, -0.2) is 9.83 Å². The zero-order chi connectivity index (χ0) is 35.5. The van der Waals surface area contributed by atoms with Crippen LogP contribution in [0.15, 0.2) is 54.3 Å². The number of ketones is 2. The number of nitrogens with two attached hydrogens (primary N) is 1. The monoisotopic (exact) mass is 661 g/mol. The zero-order valence-corrected chi connectivity index (χ0v) is 29.7. The highest BCUT2D eigenvalue weighted by molar-refractivity contribution is 6.03. The van der Waals surface area contributed by atoms with Crippen molar-refractivity contribution in [1.82, 2.24) is 14.5 Å². The Hall–Kier alpha value is -4.19. The van der Waals surface area contributed by atoms with Crippen molar-refractivity contribution in [2.24, 2.45) is 56.0 Å². The van der Waals surface area contributed by atoms with Gasteiger partial charge in [-0.05, 0) is 91.2 Å². The molecule has 5 aliphatic rings. The van der Waals surface area contributed by atoms with Gasteiger partial charge in [-0.15, -0.1) is 0 Å². The lowest BCUT2D eigenvalue weighted by atomic mass is 9.34. The number of amides is 1. The van der Waals surface area contributed by atoms with E-state index in [-0.39, 0.29) is 57.4 Å². The molecule has 3 fully saturated rings. The summed E-state index contributed by atoms with van der Waals surface area (Å²) in [6.45, 7) is 23.0. The summed E-state index contributed by atoms with van der Waals surface area (Å²) < 4.78 is 1.56. The second-order valence-electron chi connectivity index (χ2n) is 17.6. The first-order valence-corrected chi connectivity index (χ1v) is 17.6. The van der Waals surface area contributed by atoms with E-state index in [9.17, 15) is 19.2 Å². The molecule has 1 amide bonds. The molecule has 2 unspecified atom stereocenters. The molecule has 0 aromatic carbocycles. The maximum atomic E-state index is 14.9. The van der Waals surface area contributed by atoms with Crippen molar-refractivity contribution in [2.75, 3.05) is 0 Å². The van der Waals surface area contributed by atoms with Gasteiger partial charge in [-0.3, -0.25) is 23.9 Å². The van der Waals surface area contributed by atoms with E-state index in [2.05, 4.69) is 49.4 Å². The highest BCUT2D eigenvalue weighted by Crippen LogP contribution is 2.74. The first-order chi connectivity index (χ1) is 22.9. The lowest BCUT2D eigenvalue weighted by molar-refractivity contribution is -0.164. The molecule has 2 heterocycles. The molecule has 0 radical (unpaired) electrons. The van der Waals surface area contributed by atoms with E-state index in [1.54, 1.807) is 22.9 Å². The minimum absolute atomic E-state index is 0.0199. The molecule has 0 aliphatic heterocycles. The van der Waals surface area contributed by atoms with E-state index in [4.69, 9.17) is 12.3 Å². The molecule has 7 atom stereocenters. The molecule has 9 nitrogen and oxygen atoms in total. The van der Waals surface area contributed by atoms with Crippen molar-refractivity contribution in [3.8, 4) is 11.3 Å².